The summed E-state index contributed by atoms with van der Waals surface area (Å²) in [5.41, 5.74) is 2.14. The van der Waals surface area contributed by atoms with Crippen LogP contribution in [0.25, 0.3) is 6.08 Å². The van der Waals surface area contributed by atoms with Gasteiger partial charge in [0.1, 0.15) is 0 Å². The van der Waals surface area contributed by atoms with Gasteiger partial charge in [0, 0.05) is 24.3 Å². The predicted molar refractivity (Wildman–Crippen MR) is 52.2 cm³/mol. The van der Waals surface area contributed by atoms with Crippen LogP contribution in [0.1, 0.15) is 18.2 Å². The molecule has 0 aliphatic heterocycles. The van der Waals surface area contributed by atoms with Crippen LogP contribution in [0, 0.1) is 6.92 Å². The summed E-state index contributed by atoms with van der Waals surface area (Å²) in [6, 6.07) is 3.94. The van der Waals surface area contributed by atoms with Crippen molar-refractivity contribution in [2.75, 3.05) is 0 Å². The number of aryl methyl sites for hydroxylation is 1. The minimum atomic E-state index is 1.03. The molecule has 12 heavy (non-hydrogen) atoms. The monoisotopic (exact) mass is 160 g/mol. The maximum Gasteiger partial charge on any atom is 0.0445 e. The summed E-state index contributed by atoms with van der Waals surface area (Å²) in [5, 5.41) is 0. The highest BCUT2D eigenvalue weighted by Crippen LogP contribution is 2.05. The van der Waals surface area contributed by atoms with E-state index in [0.29, 0.717) is 0 Å². The highest BCUT2D eigenvalue weighted by atomic mass is 14.7. The van der Waals surface area contributed by atoms with Crippen LogP contribution in [0.4, 0.5) is 0 Å². The standard InChI is InChI=1S/C10H12N2/c1-3-11-8-6-10-5-4-7-12-9(10)2/h3-8H,1-2H3/b8-6-,11-3+. The second-order valence-electron chi connectivity index (χ2n) is 2.40. The van der Waals surface area contributed by atoms with Gasteiger partial charge in [-0.2, -0.15) is 0 Å². The topological polar surface area (TPSA) is 25.2 Å². The molecule has 1 aromatic heterocycles. The maximum atomic E-state index is 4.15. The van der Waals surface area contributed by atoms with Gasteiger partial charge in [-0.3, -0.25) is 9.98 Å². The SMILES string of the molecule is C/C=N/C=C\c1cccnc1C. The number of aromatic nitrogens is 1. The zero-order valence-electron chi connectivity index (χ0n) is 7.36. The minimum Gasteiger partial charge on any atom is -0.269 e. The highest BCUT2D eigenvalue weighted by molar-refractivity contribution is 5.57. The molecule has 0 atom stereocenters. The van der Waals surface area contributed by atoms with Gasteiger partial charge in [-0.25, -0.2) is 0 Å². The van der Waals surface area contributed by atoms with Crippen molar-refractivity contribution in [1.29, 1.82) is 0 Å². The predicted octanol–water partition coefficient (Wildman–Crippen LogP) is 2.45. The van der Waals surface area contributed by atoms with Crippen LogP contribution in [-0.2, 0) is 0 Å². The van der Waals surface area contributed by atoms with E-state index in [1.54, 1.807) is 18.6 Å². The minimum absolute atomic E-state index is 1.03. The fourth-order valence-corrected chi connectivity index (χ4v) is 0.882. The Hall–Kier alpha value is -1.44. The molecule has 0 aliphatic carbocycles. The molecule has 1 rings (SSSR count). The first-order valence-electron chi connectivity index (χ1n) is 3.90. The van der Waals surface area contributed by atoms with Crippen molar-refractivity contribution in [3.05, 3.63) is 35.8 Å². The first-order valence-corrected chi connectivity index (χ1v) is 3.90. The van der Waals surface area contributed by atoms with Crippen LogP contribution in [0.2, 0.25) is 0 Å². The molecule has 0 unspecified atom stereocenters. The number of hydrogen-bond acceptors (Lipinski definition) is 2. The Morgan fingerprint density at radius 3 is 3.00 bits per heavy atom. The molecular formula is C10H12N2. The summed E-state index contributed by atoms with van der Waals surface area (Å²) >= 11 is 0. The molecule has 0 fully saturated rings. The average molecular weight is 160 g/mol. The van der Waals surface area contributed by atoms with Crippen molar-refractivity contribution in [2.45, 2.75) is 13.8 Å². The van der Waals surface area contributed by atoms with Crippen molar-refractivity contribution >= 4 is 12.3 Å². The molecule has 0 aromatic carbocycles. The molecule has 0 radical (unpaired) electrons. The molecule has 0 N–H and O–H groups in total. The van der Waals surface area contributed by atoms with Crippen LogP contribution < -0.4 is 0 Å². The lowest BCUT2D eigenvalue weighted by atomic mass is 10.2. The van der Waals surface area contributed by atoms with Crippen molar-refractivity contribution in [3.63, 3.8) is 0 Å². The summed E-state index contributed by atoms with van der Waals surface area (Å²) in [6.07, 6.45) is 7.25. The summed E-state index contributed by atoms with van der Waals surface area (Å²) < 4.78 is 0. The van der Waals surface area contributed by atoms with E-state index >= 15 is 0 Å². The first kappa shape index (κ1) is 8.65. The van der Waals surface area contributed by atoms with Gasteiger partial charge in [0.05, 0.1) is 0 Å². The number of pyridine rings is 1. The summed E-state index contributed by atoms with van der Waals surface area (Å²) in [7, 11) is 0. The van der Waals surface area contributed by atoms with Crippen LogP contribution in [-0.4, -0.2) is 11.2 Å². The Kier molecular flexibility index (Phi) is 3.20. The zero-order chi connectivity index (χ0) is 8.81. The molecule has 1 heterocycles. The largest absolute Gasteiger partial charge is 0.269 e. The molecule has 0 amide bonds. The van der Waals surface area contributed by atoms with Crippen molar-refractivity contribution in [3.8, 4) is 0 Å². The third kappa shape index (κ3) is 2.31. The molecule has 0 saturated heterocycles. The van der Waals surface area contributed by atoms with E-state index in [4.69, 9.17) is 0 Å². The Bertz CT molecular complexity index is 300. The Balaban J connectivity index is 2.82. The molecular weight excluding hydrogens is 148 g/mol. The van der Waals surface area contributed by atoms with Gasteiger partial charge in [0.2, 0.25) is 0 Å². The van der Waals surface area contributed by atoms with Gasteiger partial charge in [-0.1, -0.05) is 6.07 Å². The highest BCUT2D eigenvalue weighted by Gasteiger charge is 1.90. The smallest absolute Gasteiger partial charge is 0.0445 e. The molecule has 0 saturated carbocycles. The molecule has 0 spiro atoms. The third-order valence-corrected chi connectivity index (χ3v) is 1.54. The van der Waals surface area contributed by atoms with E-state index in [-0.39, 0.29) is 0 Å². The van der Waals surface area contributed by atoms with E-state index in [9.17, 15) is 0 Å². The van der Waals surface area contributed by atoms with Gasteiger partial charge < -0.3 is 0 Å². The lowest BCUT2D eigenvalue weighted by molar-refractivity contribution is 1.19. The van der Waals surface area contributed by atoms with E-state index in [2.05, 4.69) is 9.98 Å². The number of aliphatic imine (C=N–C) groups is 1. The van der Waals surface area contributed by atoms with Gasteiger partial charge >= 0.3 is 0 Å². The second-order valence-corrected chi connectivity index (χ2v) is 2.40. The first-order chi connectivity index (χ1) is 5.84. The van der Waals surface area contributed by atoms with Crippen LogP contribution >= 0.6 is 0 Å². The fraction of sp³-hybridized carbons (Fsp3) is 0.200. The van der Waals surface area contributed by atoms with Gasteiger partial charge in [-0.05, 0) is 31.6 Å². The number of nitrogens with zero attached hydrogens (tertiary/aromatic N) is 2. The van der Waals surface area contributed by atoms with Crippen molar-refractivity contribution < 1.29 is 0 Å². The maximum absolute atomic E-state index is 4.15. The zero-order valence-corrected chi connectivity index (χ0v) is 7.36. The van der Waals surface area contributed by atoms with Gasteiger partial charge in [0.15, 0.2) is 0 Å². The molecule has 2 heteroatoms. The molecule has 0 bridgehead atoms. The molecule has 0 aliphatic rings. The Labute approximate surface area is 72.7 Å². The molecule has 62 valence electrons. The van der Waals surface area contributed by atoms with Crippen LogP contribution in [0.15, 0.2) is 29.5 Å². The van der Waals surface area contributed by atoms with Gasteiger partial charge in [0.25, 0.3) is 0 Å². The normalized spacial score (nSPS) is 11.5. The Morgan fingerprint density at radius 1 is 1.50 bits per heavy atom. The van der Waals surface area contributed by atoms with Crippen molar-refractivity contribution in [1.82, 2.24) is 4.98 Å². The third-order valence-electron chi connectivity index (χ3n) is 1.54. The van der Waals surface area contributed by atoms with E-state index in [1.807, 2.05) is 32.1 Å². The summed E-state index contributed by atoms with van der Waals surface area (Å²) in [4.78, 5) is 8.13. The van der Waals surface area contributed by atoms with E-state index in [1.165, 1.54) is 0 Å². The lowest BCUT2D eigenvalue weighted by Gasteiger charge is -1.95. The number of rotatable bonds is 2. The molecule has 1 aromatic rings. The summed E-state index contributed by atoms with van der Waals surface area (Å²) in [6.45, 7) is 3.87. The Morgan fingerprint density at radius 2 is 2.33 bits per heavy atom. The quantitative estimate of drug-likeness (QED) is 0.610. The number of hydrogen-bond donors (Lipinski definition) is 0. The lowest BCUT2D eigenvalue weighted by Crippen LogP contribution is -1.82. The van der Waals surface area contributed by atoms with Gasteiger partial charge in [-0.15, -0.1) is 0 Å². The van der Waals surface area contributed by atoms with Crippen LogP contribution in [0.3, 0.4) is 0 Å². The van der Waals surface area contributed by atoms with E-state index in [0.717, 1.165) is 11.3 Å². The fourth-order valence-electron chi connectivity index (χ4n) is 0.882. The van der Waals surface area contributed by atoms with Crippen molar-refractivity contribution in [2.24, 2.45) is 4.99 Å². The second kappa shape index (κ2) is 4.44. The van der Waals surface area contributed by atoms with Crippen LogP contribution in [0.5, 0.6) is 0 Å². The average Bonchev–Trinajstić information content (AvgIpc) is 2.09. The molecule has 2 nitrogen and oxygen atoms in total. The summed E-state index contributed by atoms with van der Waals surface area (Å²) in [5.74, 6) is 0. The van der Waals surface area contributed by atoms with E-state index < -0.39 is 0 Å².